The van der Waals surface area contributed by atoms with Gasteiger partial charge in [-0.2, -0.15) is 0 Å². The number of hydrogen-bond donors (Lipinski definition) is 1. The van der Waals surface area contributed by atoms with Crippen LogP contribution in [0, 0.1) is 0 Å². The third-order valence-corrected chi connectivity index (χ3v) is 3.99. The molecule has 2 aromatic rings. The molecule has 0 saturated carbocycles. The number of hydrogen-bond acceptors (Lipinski definition) is 5. The number of methoxy groups -OCH3 is 1. The number of nitrogens with zero attached hydrogens (tertiary/aromatic N) is 2. The van der Waals surface area contributed by atoms with Gasteiger partial charge in [-0.15, -0.1) is 0 Å². The van der Waals surface area contributed by atoms with E-state index in [1.165, 1.54) is 0 Å². The van der Waals surface area contributed by atoms with E-state index in [9.17, 15) is 4.79 Å². The molecule has 0 saturated heterocycles. The van der Waals surface area contributed by atoms with E-state index in [1.54, 1.807) is 18.4 Å². The molecule has 0 bridgehead atoms. The lowest BCUT2D eigenvalue weighted by Gasteiger charge is -2.15. The summed E-state index contributed by atoms with van der Waals surface area (Å²) in [6.07, 6.45) is 0.826. The van der Waals surface area contributed by atoms with Crippen LogP contribution >= 0.6 is 11.3 Å². The van der Waals surface area contributed by atoms with Gasteiger partial charge in [0.2, 0.25) is 5.91 Å². The molecule has 20 heavy (non-hydrogen) atoms. The van der Waals surface area contributed by atoms with Crippen LogP contribution in [0.3, 0.4) is 0 Å². The molecule has 1 N–H and O–H groups in total. The maximum Gasteiger partial charge on any atom is 0.239 e. The average molecular weight is 293 g/mol. The zero-order valence-electron chi connectivity index (χ0n) is 11.8. The summed E-state index contributed by atoms with van der Waals surface area (Å²) in [4.78, 5) is 18.2. The van der Waals surface area contributed by atoms with E-state index in [2.05, 4.69) is 10.3 Å². The molecule has 0 spiro atoms. The molecule has 108 valence electrons. The molecule has 6 heteroatoms. The fraction of sp³-hybridized carbons (Fsp3) is 0.429. The predicted octanol–water partition coefficient (Wildman–Crippen LogP) is 1.89. The predicted molar refractivity (Wildman–Crippen MR) is 82.4 cm³/mol. The second kappa shape index (κ2) is 7.21. The zero-order valence-corrected chi connectivity index (χ0v) is 12.6. The van der Waals surface area contributed by atoms with E-state index in [0.29, 0.717) is 19.7 Å². The minimum absolute atomic E-state index is 0.00265. The lowest BCUT2D eigenvalue weighted by Crippen LogP contribution is -2.35. The van der Waals surface area contributed by atoms with Crippen molar-refractivity contribution in [3.05, 3.63) is 24.3 Å². The lowest BCUT2D eigenvalue weighted by molar-refractivity contribution is -0.119. The fourth-order valence-corrected chi connectivity index (χ4v) is 2.73. The van der Waals surface area contributed by atoms with Crippen LogP contribution in [0.15, 0.2) is 24.3 Å². The van der Waals surface area contributed by atoms with Crippen LogP contribution in [0.1, 0.15) is 6.42 Å². The van der Waals surface area contributed by atoms with Crippen LogP contribution < -0.4 is 10.2 Å². The molecule has 1 amide bonds. The van der Waals surface area contributed by atoms with Gasteiger partial charge in [0.1, 0.15) is 0 Å². The Morgan fingerprint density at radius 2 is 2.25 bits per heavy atom. The van der Waals surface area contributed by atoms with Crippen LogP contribution in [0.2, 0.25) is 0 Å². The van der Waals surface area contributed by atoms with Gasteiger partial charge in [-0.1, -0.05) is 23.5 Å². The number of amides is 1. The largest absolute Gasteiger partial charge is 0.385 e. The van der Waals surface area contributed by atoms with Gasteiger partial charge >= 0.3 is 0 Å². The molecule has 1 heterocycles. The van der Waals surface area contributed by atoms with Gasteiger partial charge in [0, 0.05) is 27.3 Å². The summed E-state index contributed by atoms with van der Waals surface area (Å²) in [5, 5.41) is 3.73. The first-order chi connectivity index (χ1) is 9.70. The van der Waals surface area contributed by atoms with Crippen molar-refractivity contribution in [1.29, 1.82) is 0 Å². The van der Waals surface area contributed by atoms with Crippen LogP contribution in [-0.4, -0.2) is 44.7 Å². The first-order valence-corrected chi connectivity index (χ1v) is 7.34. The van der Waals surface area contributed by atoms with Crippen LogP contribution in [-0.2, 0) is 9.53 Å². The number of aromatic nitrogens is 1. The standard InChI is InChI=1S/C14H19N3O2S/c1-17(10-13(18)15-8-5-9-19-2)14-16-11-6-3-4-7-12(11)20-14/h3-4,6-7H,5,8-10H2,1-2H3,(H,15,18). The molecule has 0 fully saturated rings. The van der Waals surface area contributed by atoms with Crippen molar-refractivity contribution in [2.75, 3.05) is 38.8 Å². The smallest absolute Gasteiger partial charge is 0.239 e. The lowest BCUT2D eigenvalue weighted by atomic mass is 10.3. The monoisotopic (exact) mass is 293 g/mol. The van der Waals surface area contributed by atoms with E-state index < -0.39 is 0 Å². The number of rotatable bonds is 7. The topological polar surface area (TPSA) is 54.5 Å². The Morgan fingerprint density at radius 3 is 3.00 bits per heavy atom. The molecule has 0 aliphatic rings. The molecule has 0 aliphatic heterocycles. The van der Waals surface area contributed by atoms with Gasteiger partial charge in [0.05, 0.1) is 16.8 Å². The minimum atomic E-state index is 0.00265. The number of nitrogens with one attached hydrogen (secondary N) is 1. The third-order valence-electron chi connectivity index (χ3n) is 2.84. The van der Waals surface area contributed by atoms with Crippen molar-refractivity contribution in [3.8, 4) is 0 Å². The molecule has 1 aromatic carbocycles. The summed E-state index contributed by atoms with van der Waals surface area (Å²) in [5.41, 5.74) is 0.972. The number of fused-ring (bicyclic) bond motifs is 1. The van der Waals surface area contributed by atoms with Crippen molar-refractivity contribution in [3.63, 3.8) is 0 Å². The van der Waals surface area contributed by atoms with E-state index in [4.69, 9.17) is 4.74 Å². The highest BCUT2D eigenvalue weighted by molar-refractivity contribution is 7.22. The first kappa shape index (κ1) is 14.7. The highest BCUT2D eigenvalue weighted by Gasteiger charge is 2.11. The summed E-state index contributed by atoms with van der Waals surface area (Å²) in [6.45, 7) is 1.61. The van der Waals surface area contributed by atoms with Crippen molar-refractivity contribution < 1.29 is 9.53 Å². The summed E-state index contributed by atoms with van der Waals surface area (Å²) >= 11 is 1.59. The first-order valence-electron chi connectivity index (χ1n) is 6.53. The zero-order chi connectivity index (χ0) is 14.4. The van der Waals surface area contributed by atoms with E-state index in [1.807, 2.05) is 36.2 Å². The normalized spacial score (nSPS) is 10.7. The van der Waals surface area contributed by atoms with Gasteiger partial charge < -0.3 is 15.0 Å². The third kappa shape index (κ3) is 3.91. The van der Waals surface area contributed by atoms with Gasteiger partial charge in [-0.3, -0.25) is 4.79 Å². The quantitative estimate of drug-likeness (QED) is 0.792. The molecule has 5 nitrogen and oxygen atoms in total. The van der Waals surface area contributed by atoms with Gasteiger partial charge in [0.25, 0.3) is 0 Å². The Hall–Kier alpha value is -1.66. The number of likely N-dealkylation sites (N-methyl/N-ethyl adjacent to an activating group) is 1. The molecule has 0 unspecified atom stereocenters. The molecular weight excluding hydrogens is 274 g/mol. The summed E-state index contributed by atoms with van der Waals surface area (Å²) < 4.78 is 6.07. The SMILES string of the molecule is COCCCNC(=O)CN(C)c1nc2ccccc2s1. The number of para-hydroxylation sites is 1. The number of carbonyl (C=O) groups is 1. The van der Waals surface area contributed by atoms with Crippen molar-refractivity contribution in [2.45, 2.75) is 6.42 Å². The van der Waals surface area contributed by atoms with Crippen LogP contribution in [0.5, 0.6) is 0 Å². The Balaban J connectivity index is 1.87. The number of ether oxygens (including phenoxy) is 1. The summed E-state index contributed by atoms with van der Waals surface area (Å²) in [6, 6.07) is 7.98. The van der Waals surface area contributed by atoms with Gasteiger partial charge in [-0.25, -0.2) is 4.98 Å². The number of benzene rings is 1. The van der Waals surface area contributed by atoms with E-state index >= 15 is 0 Å². The minimum Gasteiger partial charge on any atom is -0.385 e. The molecule has 2 rings (SSSR count). The second-order valence-electron chi connectivity index (χ2n) is 4.52. The Bertz CT molecular complexity index is 537. The Morgan fingerprint density at radius 1 is 1.45 bits per heavy atom. The molecule has 1 aromatic heterocycles. The highest BCUT2D eigenvalue weighted by Crippen LogP contribution is 2.27. The van der Waals surface area contributed by atoms with Crippen molar-refractivity contribution in [2.24, 2.45) is 0 Å². The highest BCUT2D eigenvalue weighted by atomic mass is 32.1. The van der Waals surface area contributed by atoms with Crippen molar-refractivity contribution in [1.82, 2.24) is 10.3 Å². The van der Waals surface area contributed by atoms with E-state index in [-0.39, 0.29) is 5.91 Å². The second-order valence-corrected chi connectivity index (χ2v) is 5.53. The van der Waals surface area contributed by atoms with Crippen LogP contribution in [0.25, 0.3) is 10.2 Å². The number of anilines is 1. The number of thiazole rings is 1. The average Bonchev–Trinajstić information content (AvgIpc) is 2.87. The molecule has 0 radical (unpaired) electrons. The maximum absolute atomic E-state index is 11.8. The van der Waals surface area contributed by atoms with E-state index in [0.717, 1.165) is 21.8 Å². The van der Waals surface area contributed by atoms with Gasteiger partial charge in [0.15, 0.2) is 5.13 Å². The van der Waals surface area contributed by atoms with Crippen LogP contribution in [0.4, 0.5) is 5.13 Å². The Labute approximate surface area is 122 Å². The fourth-order valence-electron chi connectivity index (χ4n) is 1.81. The van der Waals surface area contributed by atoms with Gasteiger partial charge in [-0.05, 0) is 18.6 Å². The number of carbonyl (C=O) groups excluding carboxylic acids is 1. The maximum atomic E-state index is 11.8. The molecule has 0 aliphatic carbocycles. The summed E-state index contributed by atoms with van der Waals surface area (Å²) in [5.74, 6) is 0.00265. The Kier molecular flexibility index (Phi) is 5.31. The molecule has 0 atom stereocenters. The summed E-state index contributed by atoms with van der Waals surface area (Å²) in [7, 11) is 3.54. The van der Waals surface area contributed by atoms with Crippen molar-refractivity contribution >= 4 is 32.6 Å². The molecular formula is C14H19N3O2S.